The largest absolute Gasteiger partial charge is 0.467 e. The fourth-order valence-corrected chi connectivity index (χ4v) is 2.66. The first-order valence-corrected chi connectivity index (χ1v) is 8.08. The van der Waals surface area contributed by atoms with Crippen molar-refractivity contribution in [2.75, 3.05) is 0 Å². The summed E-state index contributed by atoms with van der Waals surface area (Å²) in [5, 5.41) is 3.31. The second-order valence-electron chi connectivity index (χ2n) is 5.74. The Morgan fingerprint density at radius 3 is 2.88 bits per heavy atom. The van der Waals surface area contributed by atoms with Crippen molar-refractivity contribution in [3.63, 3.8) is 0 Å². The van der Waals surface area contributed by atoms with Gasteiger partial charge in [-0.1, -0.05) is 13.0 Å². The molecule has 0 unspecified atom stereocenters. The molecule has 0 aromatic carbocycles. The molecule has 24 heavy (non-hydrogen) atoms. The molecule has 0 atom stereocenters. The van der Waals surface area contributed by atoms with Gasteiger partial charge in [0.2, 0.25) is 0 Å². The quantitative estimate of drug-likeness (QED) is 0.731. The van der Waals surface area contributed by atoms with Crippen molar-refractivity contribution < 1.29 is 4.42 Å². The van der Waals surface area contributed by atoms with Gasteiger partial charge in [0.25, 0.3) is 5.56 Å². The average Bonchev–Trinajstić information content (AvgIpc) is 3.04. The molecule has 0 bridgehead atoms. The molecule has 5 heteroatoms. The lowest BCUT2D eigenvalue weighted by Gasteiger charge is -2.05. The third kappa shape index (κ3) is 3.63. The number of nitrogens with zero attached hydrogens (tertiary/aromatic N) is 1. The molecule has 0 amide bonds. The van der Waals surface area contributed by atoms with Crippen molar-refractivity contribution in [3.05, 3.63) is 75.9 Å². The predicted octanol–water partition coefficient (Wildman–Crippen LogP) is 3.19. The van der Waals surface area contributed by atoms with E-state index in [0.717, 1.165) is 33.8 Å². The number of nitrogens with one attached hydrogen (secondary N) is 2. The number of aryl methyl sites for hydroxylation is 2. The van der Waals surface area contributed by atoms with Crippen molar-refractivity contribution in [1.29, 1.82) is 0 Å². The lowest BCUT2D eigenvalue weighted by molar-refractivity contribution is 0.482. The van der Waals surface area contributed by atoms with Crippen molar-refractivity contribution in [1.82, 2.24) is 15.3 Å². The highest BCUT2D eigenvalue weighted by atomic mass is 16.3. The molecule has 0 fully saturated rings. The second kappa shape index (κ2) is 7.27. The third-order valence-electron chi connectivity index (χ3n) is 3.99. The van der Waals surface area contributed by atoms with Crippen LogP contribution in [-0.4, -0.2) is 9.97 Å². The number of aromatic nitrogens is 2. The molecule has 3 heterocycles. The summed E-state index contributed by atoms with van der Waals surface area (Å²) < 4.78 is 5.64. The number of furan rings is 1. The first kappa shape index (κ1) is 16.2. The summed E-state index contributed by atoms with van der Waals surface area (Å²) in [5.74, 6) is 0.851. The van der Waals surface area contributed by atoms with E-state index in [1.54, 1.807) is 12.5 Å². The third-order valence-corrected chi connectivity index (χ3v) is 3.99. The number of aromatic amines is 1. The van der Waals surface area contributed by atoms with Crippen LogP contribution in [0.4, 0.5) is 0 Å². The maximum absolute atomic E-state index is 11.8. The first-order valence-electron chi connectivity index (χ1n) is 8.08. The van der Waals surface area contributed by atoms with Crippen LogP contribution >= 0.6 is 0 Å². The molecule has 2 N–H and O–H groups in total. The molecular formula is C19H21N3O2. The second-order valence-corrected chi connectivity index (χ2v) is 5.74. The van der Waals surface area contributed by atoms with Crippen LogP contribution in [0.1, 0.15) is 29.6 Å². The van der Waals surface area contributed by atoms with Gasteiger partial charge in [0.15, 0.2) is 0 Å². The highest BCUT2D eigenvalue weighted by Crippen LogP contribution is 2.24. The number of hydrogen-bond acceptors (Lipinski definition) is 4. The van der Waals surface area contributed by atoms with E-state index in [9.17, 15) is 4.79 Å². The molecule has 0 aliphatic heterocycles. The van der Waals surface area contributed by atoms with Gasteiger partial charge >= 0.3 is 0 Å². The highest BCUT2D eigenvalue weighted by molar-refractivity contribution is 5.65. The SMILES string of the molecule is CCc1cc(-c2coc(CNCc3ccccn3)c2)c(C)[nH]c1=O. The number of rotatable bonds is 6. The van der Waals surface area contributed by atoms with Crippen LogP contribution in [0, 0.1) is 6.92 Å². The summed E-state index contributed by atoms with van der Waals surface area (Å²) in [6.07, 6.45) is 4.23. The Morgan fingerprint density at radius 1 is 1.25 bits per heavy atom. The zero-order valence-electron chi connectivity index (χ0n) is 13.9. The Hall–Kier alpha value is -2.66. The Bertz CT molecular complexity index is 866. The van der Waals surface area contributed by atoms with Gasteiger partial charge < -0.3 is 14.7 Å². The predicted molar refractivity (Wildman–Crippen MR) is 93.7 cm³/mol. The van der Waals surface area contributed by atoms with Crippen molar-refractivity contribution in [2.45, 2.75) is 33.4 Å². The van der Waals surface area contributed by atoms with Crippen LogP contribution in [0.15, 0.2) is 52.0 Å². The minimum atomic E-state index is -0.0144. The normalized spacial score (nSPS) is 10.9. The van der Waals surface area contributed by atoms with Crippen molar-refractivity contribution >= 4 is 0 Å². The van der Waals surface area contributed by atoms with Crippen LogP contribution in [0.3, 0.4) is 0 Å². The van der Waals surface area contributed by atoms with Gasteiger partial charge in [0.1, 0.15) is 5.76 Å². The maximum atomic E-state index is 11.8. The molecule has 0 spiro atoms. The summed E-state index contributed by atoms with van der Waals surface area (Å²) in [5.41, 5.74) is 4.60. The van der Waals surface area contributed by atoms with Gasteiger partial charge in [-0.2, -0.15) is 0 Å². The van der Waals surface area contributed by atoms with E-state index in [1.165, 1.54) is 0 Å². The molecule has 3 aromatic rings. The van der Waals surface area contributed by atoms with Gasteiger partial charge in [0.05, 0.1) is 18.5 Å². The van der Waals surface area contributed by atoms with E-state index < -0.39 is 0 Å². The van der Waals surface area contributed by atoms with Crippen LogP contribution in [0.2, 0.25) is 0 Å². The Morgan fingerprint density at radius 2 is 2.12 bits per heavy atom. The minimum Gasteiger partial charge on any atom is -0.467 e. The molecular weight excluding hydrogens is 302 g/mol. The molecule has 0 saturated carbocycles. The topological polar surface area (TPSA) is 70.9 Å². The zero-order valence-corrected chi connectivity index (χ0v) is 13.9. The summed E-state index contributed by atoms with van der Waals surface area (Å²) in [4.78, 5) is 19.0. The van der Waals surface area contributed by atoms with E-state index in [-0.39, 0.29) is 5.56 Å². The van der Waals surface area contributed by atoms with E-state index in [0.29, 0.717) is 19.5 Å². The number of hydrogen-bond donors (Lipinski definition) is 2. The van der Waals surface area contributed by atoms with Crippen LogP contribution in [0.25, 0.3) is 11.1 Å². The van der Waals surface area contributed by atoms with Gasteiger partial charge in [-0.15, -0.1) is 0 Å². The summed E-state index contributed by atoms with van der Waals surface area (Å²) in [6, 6.07) is 9.81. The zero-order chi connectivity index (χ0) is 16.9. The minimum absolute atomic E-state index is 0.0144. The first-order chi connectivity index (χ1) is 11.7. The van der Waals surface area contributed by atoms with Crippen LogP contribution < -0.4 is 10.9 Å². The van der Waals surface area contributed by atoms with Gasteiger partial charge in [0, 0.05) is 35.1 Å². The fourth-order valence-electron chi connectivity index (χ4n) is 2.66. The van der Waals surface area contributed by atoms with Gasteiger partial charge in [-0.3, -0.25) is 9.78 Å². The molecule has 3 aromatic heterocycles. The van der Waals surface area contributed by atoms with E-state index >= 15 is 0 Å². The van der Waals surface area contributed by atoms with Crippen LogP contribution in [0.5, 0.6) is 0 Å². The van der Waals surface area contributed by atoms with E-state index in [2.05, 4.69) is 15.3 Å². The average molecular weight is 323 g/mol. The highest BCUT2D eigenvalue weighted by Gasteiger charge is 2.10. The Labute approximate surface area is 140 Å². The standard InChI is InChI=1S/C19H21N3O2/c1-3-14-9-18(13(2)22-19(14)23)15-8-17(24-12-15)11-20-10-16-6-4-5-7-21-16/h4-9,12,20H,3,10-11H2,1-2H3,(H,22,23). The van der Waals surface area contributed by atoms with Crippen molar-refractivity contribution in [2.24, 2.45) is 0 Å². The molecule has 0 aliphatic carbocycles. The lowest BCUT2D eigenvalue weighted by atomic mass is 10.0. The van der Waals surface area contributed by atoms with Gasteiger partial charge in [-0.25, -0.2) is 0 Å². The maximum Gasteiger partial charge on any atom is 0.251 e. The molecule has 0 saturated heterocycles. The molecule has 3 rings (SSSR count). The monoisotopic (exact) mass is 323 g/mol. The summed E-state index contributed by atoms with van der Waals surface area (Å²) in [6.45, 7) is 5.20. The molecule has 124 valence electrons. The Balaban J connectivity index is 1.70. The summed E-state index contributed by atoms with van der Waals surface area (Å²) in [7, 11) is 0. The Kier molecular flexibility index (Phi) is 4.91. The number of H-pyrrole nitrogens is 1. The van der Waals surface area contributed by atoms with Crippen molar-refractivity contribution in [3.8, 4) is 11.1 Å². The smallest absolute Gasteiger partial charge is 0.251 e. The van der Waals surface area contributed by atoms with Crippen LogP contribution in [-0.2, 0) is 19.5 Å². The lowest BCUT2D eigenvalue weighted by Crippen LogP contribution is -2.13. The van der Waals surface area contributed by atoms with E-state index in [1.807, 2.05) is 44.2 Å². The van der Waals surface area contributed by atoms with Gasteiger partial charge in [-0.05, 0) is 37.6 Å². The molecule has 5 nitrogen and oxygen atoms in total. The number of pyridine rings is 2. The molecule has 0 radical (unpaired) electrons. The fraction of sp³-hybridized carbons (Fsp3) is 0.263. The molecule has 0 aliphatic rings. The summed E-state index contributed by atoms with van der Waals surface area (Å²) >= 11 is 0. The van der Waals surface area contributed by atoms with E-state index in [4.69, 9.17) is 4.42 Å².